The van der Waals surface area contributed by atoms with Gasteiger partial charge in [0.1, 0.15) is 5.75 Å². The molecule has 0 aromatic carbocycles. The molecule has 1 amide bonds. The van der Waals surface area contributed by atoms with Crippen LogP contribution < -0.4 is 0 Å². The molecule has 1 aliphatic carbocycles. The molecule has 0 radical (unpaired) electrons. The van der Waals surface area contributed by atoms with Crippen LogP contribution in [-0.2, 0) is 28.2 Å². The van der Waals surface area contributed by atoms with E-state index in [0.717, 1.165) is 42.5 Å². The number of aryl methyl sites for hydroxylation is 2. The normalized spacial score (nSPS) is 17.9. The highest BCUT2D eigenvalue weighted by Gasteiger charge is 2.24. The second kappa shape index (κ2) is 7.51. The van der Waals surface area contributed by atoms with Crippen LogP contribution in [0.1, 0.15) is 36.2 Å². The Hall–Kier alpha value is -1.63. The number of carbonyl (C=O) groups excluding carboxylic acids is 1. The van der Waals surface area contributed by atoms with Crippen molar-refractivity contribution in [1.82, 2.24) is 14.7 Å². The molecule has 0 unspecified atom stereocenters. The Morgan fingerprint density at radius 1 is 1.38 bits per heavy atom. The molecule has 1 aromatic heterocycles. The summed E-state index contributed by atoms with van der Waals surface area (Å²) < 4.78 is 24.9. The fraction of sp³-hybridized carbons (Fsp3) is 0.647. The number of rotatable bonds is 6. The van der Waals surface area contributed by atoms with Gasteiger partial charge in [0, 0.05) is 37.7 Å². The molecule has 1 aliphatic rings. The number of nitrogens with zero attached hydrogens (tertiary/aromatic N) is 3. The van der Waals surface area contributed by atoms with Crippen LogP contribution in [0.5, 0.6) is 0 Å². The Labute approximate surface area is 144 Å². The molecule has 0 bridgehead atoms. The van der Waals surface area contributed by atoms with Crippen molar-refractivity contribution in [2.45, 2.75) is 39.7 Å². The fourth-order valence-electron chi connectivity index (χ4n) is 3.14. The van der Waals surface area contributed by atoms with Crippen LogP contribution in [0.15, 0.2) is 12.2 Å². The fourth-order valence-corrected chi connectivity index (χ4v) is 3.77. The van der Waals surface area contributed by atoms with E-state index in [1.54, 1.807) is 9.58 Å². The van der Waals surface area contributed by atoms with Crippen molar-refractivity contribution in [3.8, 4) is 0 Å². The summed E-state index contributed by atoms with van der Waals surface area (Å²) >= 11 is 0. The molecule has 0 fully saturated rings. The van der Waals surface area contributed by atoms with Crippen molar-refractivity contribution in [2.75, 3.05) is 18.6 Å². The van der Waals surface area contributed by atoms with Crippen molar-refractivity contribution < 1.29 is 13.2 Å². The molecule has 0 N–H and O–H groups in total. The van der Waals surface area contributed by atoms with E-state index in [0.29, 0.717) is 19.0 Å². The van der Waals surface area contributed by atoms with Gasteiger partial charge in [-0.25, -0.2) is 8.42 Å². The summed E-state index contributed by atoms with van der Waals surface area (Å²) in [4.78, 5) is 14.3. The number of hydrogen-bond donors (Lipinski definition) is 0. The van der Waals surface area contributed by atoms with Crippen molar-refractivity contribution >= 4 is 15.7 Å². The van der Waals surface area contributed by atoms with Crippen LogP contribution in [0.25, 0.3) is 0 Å². The van der Waals surface area contributed by atoms with Gasteiger partial charge in [-0.2, -0.15) is 5.10 Å². The summed E-state index contributed by atoms with van der Waals surface area (Å²) in [6.45, 7) is 4.90. The van der Waals surface area contributed by atoms with Gasteiger partial charge in [0.25, 0.3) is 0 Å². The molecule has 0 spiro atoms. The molecular weight excluding hydrogens is 326 g/mol. The number of aromatic nitrogens is 2. The zero-order valence-electron chi connectivity index (χ0n) is 14.9. The first-order chi connectivity index (χ1) is 11.2. The van der Waals surface area contributed by atoms with Crippen molar-refractivity contribution in [2.24, 2.45) is 13.0 Å². The van der Waals surface area contributed by atoms with Crippen molar-refractivity contribution in [1.29, 1.82) is 0 Å². The number of allylic oxidation sites excluding steroid dienone is 2. The van der Waals surface area contributed by atoms with Gasteiger partial charge < -0.3 is 4.90 Å². The minimum absolute atomic E-state index is 0.324. The minimum Gasteiger partial charge on any atom is -0.337 e. The van der Waals surface area contributed by atoms with E-state index in [-0.39, 0.29) is 5.91 Å². The molecule has 0 saturated heterocycles. The first kappa shape index (κ1) is 18.7. The van der Waals surface area contributed by atoms with E-state index >= 15 is 0 Å². The molecule has 6 nitrogen and oxygen atoms in total. The highest BCUT2D eigenvalue weighted by molar-refractivity contribution is 7.91. The second-order valence-electron chi connectivity index (χ2n) is 6.77. The van der Waals surface area contributed by atoms with E-state index in [9.17, 15) is 13.2 Å². The largest absolute Gasteiger partial charge is 0.337 e. The Morgan fingerprint density at radius 2 is 2.08 bits per heavy atom. The SMILES string of the molecule is Cc1nn(C)c(C)c1CN(C[C@@H]1CC=CCC1)C(=O)CS(C)(=O)=O. The van der Waals surface area contributed by atoms with Crippen LogP contribution in [0, 0.1) is 19.8 Å². The molecule has 134 valence electrons. The Morgan fingerprint density at radius 3 is 2.58 bits per heavy atom. The number of sulfone groups is 1. The number of amides is 1. The van der Waals surface area contributed by atoms with Gasteiger partial charge in [0.2, 0.25) is 5.91 Å². The van der Waals surface area contributed by atoms with Crippen LogP contribution in [-0.4, -0.2) is 47.6 Å². The lowest BCUT2D eigenvalue weighted by molar-refractivity contribution is -0.129. The van der Waals surface area contributed by atoms with Gasteiger partial charge in [-0.05, 0) is 39.0 Å². The predicted octanol–water partition coefficient (Wildman–Crippen LogP) is 1.77. The summed E-state index contributed by atoms with van der Waals surface area (Å²) in [6, 6.07) is 0. The molecular formula is C17H27N3O3S. The summed E-state index contributed by atoms with van der Waals surface area (Å²) in [7, 11) is -1.47. The maximum atomic E-state index is 12.6. The molecule has 1 heterocycles. The average molecular weight is 353 g/mol. The van der Waals surface area contributed by atoms with Crippen molar-refractivity contribution in [3.63, 3.8) is 0 Å². The maximum absolute atomic E-state index is 12.6. The average Bonchev–Trinajstić information content (AvgIpc) is 2.72. The molecule has 0 aliphatic heterocycles. The van der Waals surface area contributed by atoms with Crippen LogP contribution >= 0.6 is 0 Å². The smallest absolute Gasteiger partial charge is 0.238 e. The van der Waals surface area contributed by atoms with E-state index < -0.39 is 15.6 Å². The predicted molar refractivity (Wildman–Crippen MR) is 94.3 cm³/mol. The zero-order chi connectivity index (χ0) is 17.9. The number of carbonyl (C=O) groups is 1. The summed E-state index contributed by atoms with van der Waals surface area (Å²) in [5.41, 5.74) is 2.90. The third kappa shape index (κ3) is 4.93. The van der Waals surface area contributed by atoms with Crippen molar-refractivity contribution in [3.05, 3.63) is 29.1 Å². The first-order valence-electron chi connectivity index (χ1n) is 8.27. The minimum atomic E-state index is -3.34. The summed E-state index contributed by atoms with van der Waals surface area (Å²) in [5.74, 6) is -0.376. The molecule has 7 heteroatoms. The van der Waals surface area contributed by atoms with Crippen LogP contribution in [0.4, 0.5) is 0 Å². The standard InChI is InChI=1S/C17H27N3O3S/c1-13-16(14(2)19(3)18-13)11-20(17(21)12-24(4,22)23)10-15-8-6-5-7-9-15/h5-6,15H,7-12H2,1-4H3/t15-/m1/s1. The van der Waals surface area contributed by atoms with Crippen LogP contribution in [0.2, 0.25) is 0 Å². The zero-order valence-corrected chi connectivity index (χ0v) is 15.8. The topological polar surface area (TPSA) is 72.3 Å². The summed E-state index contributed by atoms with van der Waals surface area (Å²) in [6.07, 6.45) is 8.40. The Bertz CT molecular complexity index is 735. The van der Waals surface area contributed by atoms with Gasteiger partial charge in [0.05, 0.1) is 5.69 Å². The molecule has 0 saturated carbocycles. The molecule has 24 heavy (non-hydrogen) atoms. The van der Waals surface area contributed by atoms with E-state index in [4.69, 9.17) is 0 Å². The quantitative estimate of drug-likeness (QED) is 0.731. The highest BCUT2D eigenvalue weighted by atomic mass is 32.2. The lowest BCUT2D eigenvalue weighted by Crippen LogP contribution is -2.39. The Balaban J connectivity index is 2.20. The van der Waals surface area contributed by atoms with Gasteiger partial charge in [-0.15, -0.1) is 0 Å². The lowest BCUT2D eigenvalue weighted by atomic mass is 9.93. The summed E-state index contributed by atoms with van der Waals surface area (Å²) in [5, 5.41) is 4.39. The van der Waals surface area contributed by atoms with E-state index in [1.165, 1.54) is 0 Å². The second-order valence-corrected chi connectivity index (χ2v) is 8.91. The van der Waals surface area contributed by atoms with Crippen LogP contribution in [0.3, 0.4) is 0 Å². The van der Waals surface area contributed by atoms with Gasteiger partial charge >= 0.3 is 0 Å². The number of hydrogen-bond acceptors (Lipinski definition) is 4. The van der Waals surface area contributed by atoms with Gasteiger partial charge in [-0.3, -0.25) is 9.48 Å². The lowest BCUT2D eigenvalue weighted by Gasteiger charge is -2.28. The molecule has 1 aromatic rings. The third-order valence-corrected chi connectivity index (χ3v) is 5.37. The van der Waals surface area contributed by atoms with E-state index in [1.807, 2.05) is 20.9 Å². The van der Waals surface area contributed by atoms with Gasteiger partial charge in [-0.1, -0.05) is 12.2 Å². The third-order valence-electron chi connectivity index (χ3n) is 4.60. The maximum Gasteiger partial charge on any atom is 0.238 e. The van der Waals surface area contributed by atoms with Gasteiger partial charge in [0.15, 0.2) is 9.84 Å². The molecule has 2 rings (SSSR count). The molecule has 1 atom stereocenters. The highest BCUT2D eigenvalue weighted by Crippen LogP contribution is 2.22. The Kier molecular flexibility index (Phi) is 5.85. The van der Waals surface area contributed by atoms with E-state index in [2.05, 4.69) is 17.3 Å². The first-order valence-corrected chi connectivity index (χ1v) is 10.3. The monoisotopic (exact) mass is 353 g/mol.